The van der Waals surface area contributed by atoms with Crippen molar-refractivity contribution < 1.29 is 9.53 Å². The molecule has 0 aliphatic heterocycles. The molecule has 0 spiro atoms. The van der Waals surface area contributed by atoms with Gasteiger partial charge in [-0.05, 0) is 0 Å². The maximum Gasteiger partial charge on any atom is 0.348 e. The number of hydrogen-bond donors (Lipinski definition) is 0. The second-order valence-electron chi connectivity index (χ2n) is 2.28. The van der Waals surface area contributed by atoms with E-state index in [4.69, 9.17) is 33.2 Å². The van der Waals surface area contributed by atoms with Crippen molar-refractivity contribution in [2.45, 2.75) is 12.5 Å². The minimum Gasteiger partial charge on any atom is -0.466 e. The molecule has 0 rings (SSSR count). The van der Waals surface area contributed by atoms with Crippen molar-refractivity contribution in [1.82, 2.24) is 0 Å². The smallest absolute Gasteiger partial charge is 0.348 e. The zero-order valence-electron chi connectivity index (χ0n) is 6.73. The van der Waals surface area contributed by atoms with Gasteiger partial charge in [0.05, 0.1) is 7.11 Å². The Morgan fingerprint density at radius 3 is 2.17 bits per heavy atom. The van der Waals surface area contributed by atoms with Gasteiger partial charge in [-0.3, -0.25) is 0 Å². The Labute approximate surface area is 86.6 Å². The van der Waals surface area contributed by atoms with Crippen LogP contribution in [0.1, 0.15) is 6.92 Å². The summed E-state index contributed by atoms with van der Waals surface area (Å²) in [6.45, 7) is 5.15. The van der Waals surface area contributed by atoms with Crippen molar-refractivity contribution in [3.63, 3.8) is 0 Å². The van der Waals surface area contributed by atoms with E-state index in [1.54, 1.807) is 6.92 Å². The molecule has 0 aliphatic carbocycles. The third-order valence-corrected chi connectivity index (χ3v) is 5.74. The summed E-state index contributed by atoms with van der Waals surface area (Å²) >= 11 is 17.0. The zero-order chi connectivity index (χ0) is 9.94. The second kappa shape index (κ2) is 4.51. The van der Waals surface area contributed by atoms with Gasteiger partial charge in [0.25, 0.3) is 0 Å². The van der Waals surface area contributed by atoms with Crippen LogP contribution >= 0.6 is 33.2 Å². The van der Waals surface area contributed by atoms with Crippen LogP contribution in [0.4, 0.5) is 0 Å². The summed E-state index contributed by atoms with van der Waals surface area (Å²) in [6, 6.07) is -2.89. The van der Waals surface area contributed by atoms with Crippen LogP contribution in [0.25, 0.3) is 0 Å². The predicted octanol–water partition coefficient (Wildman–Crippen LogP) is 2.76. The molecule has 70 valence electrons. The molecule has 0 aromatic carbocycles. The summed E-state index contributed by atoms with van der Waals surface area (Å²) in [5.41, 5.74) is -0.209. The van der Waals surface area contributed by atoms with Gasteiger partial charge in [-0.2, -0.15) is 0 Å². The van der Waals surface area contributed by atoms with Crippen molar-refractivity contribution >= 4 is 45.2 Å². The van der Waals surface area contributed by atoms with Crippen molar-refractivity contribution in [2.24, 2.45) is 0 Å². The lowest BCUT2D eigenvalue weighted by Crippen LogP contribution is -2.22. The largest absolute Gasteiger partial charge is 0.466 e. The van der Waals surface area contributed by atoms with Crippen LogP contribution < -0.4 is 0 Å². The highest BCUT2D eigenvalue weighted by Crippen LogP contribution is 2.38. The summed E-state index contributed by atoms with van der Waals surface area (Å²) in [4.78, 5) is 10.9. The average molecular weight is 248 g/mol. The normalized spacial score (nSPS) is 13.8. The quantitative estimate of drug-likeness (QED) is 0.332. The molecule has 0 saturated heterocycles. The summed E-state index contributed by atoms with van der Waals surface area (Å²) in [7, 11) is 1.26. The molecule has 0 aromatic rings. The Bertz CT molecular complexity index is 199. The summed E-state index contributed by atoms with van der Waals surface area (Å²) < 4.78 is 4.44. The van der Waals surface area contributed by atoms with Crippen LogP contribution in [-0.2, 0) is 9.53 Å². The lowest BCUT2D eigenvalue weighted by atomic mass is 10.2. The molecule has 0 saturated carbocycles. The molecular weight excluding hydrogens is 239 g/mol. The number of halogens is 3. The average Bonchev–Trinajstić information content (AvgIpc) is 1.98. The Balaban J connectivity index is 4.41. The summed E-state index contributed by atoms with van der Waals surface area (Å²) in [5.74, 6) is -0.527. The van der Waals surface area contributed by atoms with E-state index in [0.29, 0.717) is 0 Å². The lowest BCUT2D eigenvalue weighted by Gasteiger charge is -2.17. The van der Waals surface area contributed by atoms with Gasteiger partial charge < -0.3 is 4.74 Å². The number of carbonyl (C=O) groups is 1. The number of hydrogen-bond acceptors (Lipinski definition) is 2. The van der Waals surface area contributed by atoms with Gasteiger partial charge in [-0.1, -0.05) is 13.5 Å². The molecule has 0 radical (unpaired) electrons. The predicted molar refractivity (Wildman–Crippen MR) is 53.9 cm³/mol. The van der Waals surface area contributed by atoms with Crippen molar-refractivity contribution in [3.05, 3.63) is 12.2 Å². The van der Waals surface area contributed by atoms with Crippen LogP contribution in [-0.4, -0.2) is 19.1 Å². The van der Waals surface area contributed by atoms with E-state index in [1.807, 2.05) is 0 Å². The minimum atomic E-state index is -2.89. The summed E-state index contributed by atoms with van der Waals surface area (Å²) in [5, 5.41) is 0. The van der Waals surface area contributed by atoms with E-state index >= 15 is 0 Å². The van der Waals surface area contributed by atoms with E-state index in [1.165, 1.54) is 7.11 Å². The number of ether oxygens (including phenoxy) is 1. The highest BCUT2D eigenvalue weighted by molar-refractivity contribution is 7.65. The molecule has 0 heterocycles. The summed E-state index contributed by atoms with van der Waals surface area (Å²) in [6.07, 6.45) is 0. The van der Waals surface area contributed by atoms with Gasteiger partial charge in [0.2, 0.25) is 0 Å². The van der Waals surface area contributed by atoms with Crippen LogP contribution in [0.15, 0.2) is 12.2 Å². The first-order chi connectivity index (χ1) is 5.30. The molecule has 6 heteroatoms. The number of esters is 1. The molecule has 0 aliphatic rings. The zero-order valence-corrected chi connectivity index (χ0v) is 10.0. The Morgan fingerprint density at radius 1 is 1.50 bits per heavy atom. The number of rotatable bonds is 3. The Hall–Kier alpha value is 0.297. The third-order valence-electron chi connectivity index (χ3n) is 1.46. The standard InChI is InChI=1S/C6H9Cl3O2Si/c1-4(6(10)11-3)5(2)12(7,8)9/h5H,1H2,2-3H3. The molecular formula is C6H9Cl3O2Si. The van der Waals surface area contributed by atoms with Crippen LogP contribution in [0.2, 0.25) is 5.54 Å². The Morgan fingerprint density at radius 2 is 1.92 bits per heavy atom. The van der Waals surface area contributed by atoms with Crippen molar-refractivity contribution in [3.8, 4) is 0 Å². The van der Waals surface area contributed by atoms with Gasteiger partial charge in [-0.15, -0.1) is 33.2 Å². The fraction of sp³-hybridized carbons (Fsp3) is 0.500. The molecule has 0 fully saturated rings. The van der Waals surface area contributed by atoms with Crippen LogP contribution in [0, 0.1) is 0 Å². The highest BCUT2D eigenvalue weighted by Gasteiger charge is 2.37. The highest BCUT2D eigenvalue weighted by atomic mass is 35.8. The Kier molecular flexibility index (Phi) is 4.62. The lowest BCUT2D eigenvalue weighted by molar-refractivity contribution is -0.136. The van der Waals surface area contributed by atoms with E-state index < -0.39 is 17.5 Å². The number of methoxy groups -OCH3 is 1. The maximum atomic E-state index is 10.9. The van der Waals surface area contributed by atoms with E-state index in [2.05, 4.69) is 11.3 Å². The molecule has 0 bridgehead atoms. The monoisotopic (exact) mass is 246 g/mol. The third kappa shape index (κ3) is 3.35. The van der Waals surface area contributed by atoms with E-state index in [-0.39, 0.29) is 5.57 Å². The molecule has 1 unspecified atom stereocenters. The van der Waals surface area contributed by atoms with Crippen LogP contribution in [0.3, 0.4) is 0 Å². The fourth-order valence-corrected chi connectivity index (χ4v) is 2.20. The van der Waals surface area contributed by atoms with Gasteiger partial charge in [-0.25, -0.2) is 4.79 Å². The first-order valence-electron chi connectivity index (χ1n) is 3.14. The molecule has 0 aromatic heterocycles. The molecule has 2 nitrogen and oxygen atoms in total. The second-order valence-corrected chi connectivity index (χ2v) is 11.3. The van der Waals surface area contributed by atoms with Crippen molar-refractivity contribution in [1.29, 1.82) is 0 Å². The fourth-order valence-electron chi connectivity index (χ4n) is 0.505. The maximum absolute atomic E-state index is 10.9. The van der Waals surface area contributed by atoms with E-state index in [0.717, 1.165) is 0 Å². The first-order valence-corrected chi connectivity index (χ1v) is 8.25. The molecule has 0 amide bonds. The van der Waals surface area contributed by atoms with Gasteiger partial charge >= 0.3 is 12.0 Å². The van der Waals surface area contributed by atoms with Crippen LogP contribution in [0.5, 0.6) is 0 Å². The molecule has 1 atom stereocenters. The molecule has 12 heavy (non-hydrogen) atoms. The first kappa shape index (κ1) is 12.3. The van der Waals surface area contributed by atoms with Gasteiger partial charge in [0.15, 0.2) is 0 Å². The topological polar surface area (TPSA) is 26.3 Å². The van der Waals surface area contributed by atoms with Crippen molar-refractivity contribution in [2.75, 3.05) is 7.11 Å². The van der Waals surface area contributed by atoms with Gasteiger partial charge in [0.1, 0.15) is 0 Å². The SMILES string of the molecule is C=C(C(=O)OC)C(C)[Si](Cl)(Cl)Cl. The van der Waals surface area contributed by atoms with Gasteiger partial charge in [0, 0.05) is 11.1 Å². The molecule has 0 N–H and O–H groups in total. The minimum absolute atomic E-state index is 0.212. The van der Waals surface area contributed by atoms with E-state index in [9.17, 15) is 4.79 Å². The number of carbonyl (C=O) groups excluding carboxylic acids is 1.